The summed E-state index contributed by atoms with van der Waals surface area (Å²) in [5, 5.41) is 3.09. The van der Waals surface area contributed by atoms with E-state index in [-0.39, 0.29) is 24.6 Å². The largest absolute Gasteiger partial charge is 0.457 e. The van der Waals surface area contributed by atoms with Gasteiger partial charge in [0.05, 0.1) is 11.7 Å². The van der Waals surface area contributed by atoms with Gasteiger partial charge in [0, 0.05) is 5.69 Å². The van der Waals surface area contributed by atoms with Crippen LogP contribution in [0, 0.1) is 13.8 Å². The van der Waals surface area contributed by atoms with E-state index in [1.54, 1.807) is 19.1 Å². The number of amides is 1. The first-order valence-electron chi connectivity index (χ1n) is 9.98. The van der Waals surface area contributed by atoms with E-state index in [1.807, 2.05) is 49.4 Å². The summed E-state index contributed by atoms with van der Waals surface area (Å²) in [7, 11) is 0. The van der Waals surface area contributed by atoms with Crippen molar-refractivity contribution in [3.63, 3.8) is 0 Å². The Morgan fingerprint density at radius 2 is 1.78 bits per heavy atom. The predicted octanol–water partition coefficient (Wildman–Crippen LogP) is 4.07. The van der Waals surface area contributed by atoms with E-state index >= 15 is 0 Å². The van der Waals surface area contributed by atoms with E-state index < -0.39 is 5.97 Å². The molecule has 7 nitrogen and oxygen atoms in total. The second-order valence-corrected chi connectivity index (χ2v) is 8.39. The molecule has 0 spiro atoms. The number of nitrogens with one attached hydrogen (secondary N) is 1. The van der Waals surface area contributed by atoms with E-state index in [0.717, 1.165) is 22.5 Å². The number of benzene rings is 2. The maximum absolute atomic E-state index is 13.0. The van der Waals surface area contributed by atoms with Gasteiger partial charge in [0.15, 0.2) is 0 Å². The van der Waals surface area contributed by atoms with Gasteiger partial charge in [0.25, 0.3) is 5.56 Å². The summed E-state index contributed by atoms with van der Waals surface area (Å²) in [5.74, 6) is -0.843. The minimum Gasteiger partial charge on any atom is -0.457 e. The number of esters is 1. The maximum Gasteiger partial charge on any atom is 0.349 e. The second-order valence-electron chi connectivity index (χ2n) is 7.39. The number of hydrogen-bond acceptors (Lipinski definition) is 6. The van der Waals surface area contributed by atoms with Crippen LogP contribution in [0.15, 0.2) is 65.7 Å². The molecule has 0 aliphatic carbocycles. The predicted molar refractivity (Wildman–Crippen MR) is 124 cm³/mol. The number of carbonyl (C=O) groups excluding carboxylic acids is 2. The van der Waals surface area contributed by atoms with Crippen molar-refractivity contribution in [1.82, 2.24) is 9.55 Å². The topological polar surface area (TPSA) is 90.3 Å². The Morgan fingerprint density at radius 3 is 2.50 bits per heavy atom. The van der Waals surface area contributed by atoms with Gasteiger partial charge in [-0.25, -0.2) is 9.78 Å². The Labute approximate surface area is 188 Å². The number of fused-ring (bicyclic) bond motifs is 1. The van der Waals surface area contributed by atoms with Crippen LogP contribution >= 0.6 is 11.3 Å². The van der Waals surface area contributed by atoms with Crippen LogP contribution in [0.3, 0.4) is 0 Å². The molecule has 0 unspecified atom stereocenters. The van der Waals surface area contributed by atoms with Crippen molar-refractivity contribution in [2.45, 2.75) is 27.0 Å². The number of anilines is 1. The van der Waals surface area contributed by atoms with Crippen molar-refractivity contribution in [3.05, 3.63) is 92.8 Å². The summed E-state index contributed by atoms with van der Waals surface area (Å²) in [4.78, 5) is 43.1. The van der Waals surface area contributed by atoms with Gasteiger partial charge in [0.2, 0.25) is 5.91 Å². The van der Waals surface area contributed by atoms with Crippen molar-refractivity contribution in [1.29, 1.82) is 0 Å². The third-order valence-electron chi connectivity index (χ3n) is 4.96. The highest BCUT2D eigenvalue weighted by Gasteiger charge is 2.21. The summed E-state index contributed by atoms with van der Waals surface area (Å²) in [6.07, 6.45) is 1.33. The van der Waals surface area contributed by atoms with Gasteiger partial charge in [-0.2, -0.15) is 0 Å². The fraction of sp³-hybridized carbons (Fsp3) is 0.167. The number of rotatable bonds is 6. The highest BCUT2D eigenvalue weighted by atomic mass is 32.1. The smallest absolute Gasteiger partial charge is 0.349 e. The fourth-order valence-electron chi connectivity index (χ4n) is 3.25. The van der Waals surface area contributed by atoms with E-state index in [1.165, 1.54) is 10.9 Å². The van der Waals surface area contributed by atoms with Crippen LogP contribution < -0.4 is 10.9 Å². The van der Waals surface area contributed by atoms with Crippen molar-refractivity contribution < 1.29 is 14.3 Å². The van der Waals surface area contributed by atoms with Gasteiger partial charge in [-0.3, -0.25) is 14.2 Å². The second kappa shape index (κ2) is 9.15. The molecule has 0 saturated heterocycles. The molecule has 8 heteroatoms. The van der Waals surface area contributed by atoms with Gasteiger partial charge in [-0.05, 0) is 37.1 Å². The Morgan fingerprint density at radius 1 is 1.06 bits per heavy atom. The lowest BCUT2D eigenvalue weighted by Gasteiger charge is -2.07. The van der Waals surface area contributed by atoms with Crippen LogP contribution in [0.2, 0.25) is 0 Å². The molecule has 162 valence electrons. The molecule has 1 N–H and O–H groups in total. The zero-order valence-electron chi connectivity index (χ0n) is 17.6. The molecule has 2 aromatic heterocycles. The molecular weight excluding hydrogens is 426 g/mol. The summed E-state index contributed by atoms with van der Waals surface area (Å²) < 4.78 is 6.65. The van der Waals surface area contributed by atoms with Crippen LogP contribution in [0.5, 0.6) is 0 Å². The number of aromatic nitrogens is 2. The molecule has 0 aliphatic heterocycles. The maximum atomic E-state index is 13.0. The molecule has 0 radical (unpaired) electrons. The number of ether oxygens (including phenoxy) is 1. The first kappa shape index (κ1) is 21.5. The minimum atomic E-state index is -0.502. The van der Waals surface area contributed by atoms with Crippen molar-refractivity contribution in [2.24, 2.45) is 0 Å². The third-order valence-corrected chi connectivity index (χ3v) is 6.14. The molecule has 0 saturated carbocycles. The average Bonchev–Trinajstić information content (AvgIpc) is 3.13. The van der Waals surface area contributed by atoms with E-state index in [2.05, 4.69) is 10.3 Å². The first-order chi connectivity index (χ1) is 15.4. The van der Waals surface area contributed by atoms with Crippen molar-refractivity contribution in [2.75, 3.05) is 5.32 Å². The van der Waals surface area contributed by atoms with Crippen LogP contribution in [0.1, 0.15) is 26.4 Å². The lowest BCUT2D eigenvalue weighted by molar-refractivity contribution is -0.116. The molecule has 0 atom stereocenters. The Balaban J connectivity index is 1.52. The third kappa shape index (κ3) is 4.60. The normalized spacial score (nSPS) is 10.8. The van der Waals surface area contributed by atoms with Crippen LogP contribution in [0.25, 0.3) is 10.2 Å². The van der Waals surface area contributed by atoms with Gasteiger partial charge in [0.1, 0.15) is 22.9 Å². The Bertz CT molecular complexity index is 1340. The van der Waals surface area contributed by atoms with E-state index in [4.69, 9.17) is 4.74 Å². The van der Waals surface area contributed by atoms with Crippen molar-refractivity contribution >= 4 is 39.1 Å². The number of aryl methyl sites for hydroxylation is 2. The first-order valence-corrected chi connectivity index (χ1v) is 10.8. The standard InChI is InChI=1S/C24H21N3O4S/c1-15-8-10-18(11-9-15)26-19(28)12-27-14-25-22-20(23(27)29)16(2)21(32-22)24(30)31-13-17-6-4-3-5-7-17/h3-11,14H,12-13H2,1-2H3,(H,26,28). The number of thiophene rings is 1. The number of nitrogens with zero attached hydrogens (tertiary/aromatic N) is 2. The monoisotopic (exact) mass is 447 g/mol. The molecule has 32 heavy (non-hydrogen) atoms. The van der Waals surface area contributed by atoms with Crippen LogP contribution in [-0.4, -0.2) is 21.4 Å². The molecule has 0 fully saturated rings. The Kier molecular flexibility index (Phi) is 6.13. The lowest BCUT2D eigenvalue weighted by Crippen LogP contribution is -2.27. The molecule has 4 aromatic rings. The van der Waals surface area contributed by atoms with Gasteiger partial charge >= 0.3 is 5.97 Å². The number of hydrogen-bond donors (Lipinski definition) is 1. The highest BCUT2D eigenvalue weighted by Crippen LogP contribution is 2.27. The van der Waals surface area contributed by atoms with E-state index in [0.29, 0.717) is 26.3 Å². The SMILES string of the molecule is Cc1ccc(NC(=O)Cn2cnc3sc(C(=O)OCc4ccccc4)c(C)c3c2=O)cc1. The molecule has 0 bridgehead atoms. The lowest BCUT2D eigenvalue weighted by atomic mass is 10.2. The minimum absolute atomic E-state index is 0.143. The van der Waals surface area contributed by atoms with Gasteiger partial charge < -0.3 is 10.1 Å². The average molecular weight is 448 g/mol. The zero-order chi connectivity index (χ0) is 22.7. The summed E-state index contributed by atoms with van der Waals surface area (Å²) in [6, 6.07) is 16.7. The van der Waals surface area contributed by atoms with Crippen LogP contribution in [-0.2, 0) is 22.7 Å². The zero-order valence-corrected chi connectivity index (χ0v) is 18.4. The summed E-state index contributed by atoms with van der Waals surface area (Å²) >= 11 is 1.11. The highest BCUT2D eigenvalue weighted by molar-refractivity contribution is 7.20. The molecule has 1 amide bonds. The Hall–Kier alpha value is -3.78. The quantitative estimate of drug-likeness (QED) is 0.450. The molecule has 2 heterocycles. The molecule has 2 aromatic carbocycles. The molecule has 4 rings (SSSR count). The molecule has 0 aliphatic rings. The summed E-state index contributed by atoms with van der Waals surface area (Å²) in [6.45, 7) is 3.61. The fourth-order valence-corrected chi connectivity index (χ4v) is 4.28. The van der Waals surface area contributed by atoms with Gasteiger partial charge in [-0.15, -0.1) is 11.3 Å². The number of carbonyl (C=O) groups is 2. The van der Waals surface area contributed by atoms with E-state index in [9.17, 15) is 14.4 Å². The van der Waals surface area contributed by atoms with Crippen molar-refractivity contribution in [3.8, 4) is 0 Å². The van der Waals surface area contributed by atoms with Crippen LogP contribution in [0.4, 0.5) is 5.69 Å². The van der Waals surface area contributed by atoms with Gasteiger partial charge in [-0.1, -0.05) is 48.0 Å². The summed E-state index contributed by atoms with van der Waals surface area (Å²) in [5.41, 5.74) is 2.75. The molecular formula is C24H21N3O4S.